The summed E-state index contributed by atoms with van der Waals surface area (Å²) >= 11 is 5.98. The quantitative estimate of drug-likeness (QED) is 0.558. The second kappa shape index (κ2) is 8.96. The van der Waals surface area contributed by atoms with E-state index in [-0.39, 0.29) is 22.3 Å². The SMILES string of the molecule is COc1cc(C=CC(=O)c2ccc(N3CCCCCC3)cc2)cc(Cl)c1O. The van der Waals surface area contributed by atoms with Crippen molar-refractivity contribution >= 4 is 29.1 Å². The van der Waals surface area contributed by atoms with Crippen molar-refractivity contribution in [1.29, 1.82) is 0 Å². The Morgan fingerprint density at radius 2 is 1.78 bits per heavy atom. The maximum absolute atomic E-state index is 12.5. The molecule has 4 nitrogen and oxygen atoms in total. The molecule has 1 heterocycles. The third-order valence-corrected chi connectivity index (χ3v) is 5.11. The molecule has 142 valence electrons. The van der Waals surface area contributed by atoms with Gasteiger partial charge in [-0.1, -0.05) is 30.5 Å². The van der Waals surface area contributed by atoms with E-state index < -0.39 is 0 Å². The first kappa shape index (κ1) is 19.3. The van der Waals surface area contributed by atoms with Crippen LogP contribution < -0.4 is 9.64 Å². The van der Waals surface area contributed by atoms with Gasteiger partial charge in [-0.2, -0.15) is 0 Å². The summed E-state index contributed by atoms with van der Waals surface area (Å²) in [5.41, 5.74) is 2.50. The molecule has 2 aromatic carbocycles. The highest BCUT2D eigenvalue weighted by molar-refractivity contribution is 6.32. The Labute approximate surface area is 165 Å². The Morgan fingerprint density at radius 3 is 2.41 bits per heavy atom. The molecule has 0 saturated carbocycles. The number of anilines is 1. The molecule has 27 heavy (non-hydrogen) atoms. The highest BCUT2D eigenvalue weighted by Gasteiger charge is 2.11. The van der Waals surface area contributed by atoms with Gasteiger partial charge in [0.15, 0.2) is 17.3 Å². The zero-order valence-corrected chi connectivity index (χ0v) is 16.2. The van der Waals surface area contributed by atoms with Gasteiger partial charge in [-0.25, -0.2) is 0 Å². The smallest absolute Gasteiger partial charge is 0.185 e. The lowest BCUT2D eigenvalue weighted by atomic mass is 10.1. The van der Waals surface area contributed by atoms with Gasteiger partial charge >= 0.3 is 0 Å². The minimum absolute atomic E-state index is 0.0828. The second-order valence-corrected chi connectivity index (χ2v) is 7.11. The van der Waals surface area contributed by atoms with Crippen LogP contribution in [-0.4, -0.2) is 31.1 Å². The fourth-order valence-electron chi connectivity index (χ4n) is 3.28. The van der Waals surface area contributed by atoms with Crippen molar-refractivity contribution in [3.63, 3.8) is 0 Å². The van der Waals surface area contributed by atoms with Crippen LogP contribution in [0.25, 0.3) is 6.08 Å². The second-order valence-electron chi connectivity index (χ2n) is 6.70. The molecule has 0 aliphatic carbocycles. The van der Waals surface area contributed by atoms with Crippen molar-refractivity contribution < 1.29 is 14.6 Å². The van der Waals surface area contributed by atoms with Gasteiger partial charge in [0.1, 0.15) is 0 Å². The fraction of sp³-hybridized carbons (Fsp3) is 0.318. The van der Waals surface area contributed by atoms with Crippen LogP contribution >= 0.6 is 11.6 Å². The van der Waals surface area contributed by atoms with Crippen molar-refractivity contribution in [3.8, 4) is 11.5 Å². The number of phenolic OH excluding ortho intramolecular Hbond substituents is 1. The number of nitrogens with zero attached hydrogens (tertiary/aromatic N) is 1. The van der Waals surface area contributed by atoms with Crippen LogP contribution in [0, 0.1) is 0 Å². The number of ketones is 1. The number of halogens is 1. The first-order chi connectivity index (χ1) is 13.1. The molecule has 1 aliphatic heterocycles. The van der Waals surface area contributed by atoms with Gasteiger partial charge in [0.2, 0.25) is 0 Å². The predicted molar refractivity (Wildman–Crippen MR) is 110 cm³/mol. The third kappa shape index (κ3) is 4.83. The molecule has 0 aromatic heterocycles. The number of rotatable bonds is 5. The minimum atomic E-state index is -0.105. The molecule has 0 amide bonds. The largest absolute Gasteiger partial charge is 0.503 e. The van der Waals surface area contributed by atoms with Crippen molar-refractivity contribution in [2.75, 3.05) is 25.1 Å². The summed E-state index contributed by atoms with van der Waals surface area (Å²) in [6.07, 6.45) is 8.21. The summed E-state index contributed by atoms with van der Waals surface area (Å²) in [6.45, 7) is 2.16. The van der Waals surface area contributed by atoms with Crippen LogP contribution in [-0.2, 0) is 0 Å². The number of benzene rings is 2. The van der Waals surface area contributed by atoms with Crippen molar-refractivity contribution in [2.45, 2.75) is 25.7 Å². The van der Waals surface area contributed by atoms with Crippen molar-refractivity contribution in [1.82, 2.24) is 0 Å². The van der Waals surface area contributed by atoms with E-state index in [0.717, 1.165) is 13.1 Å². The predicted octanol–water partition coefficient (Wildman–Crippen LogP) is 5.33. The van der Waals surface area contributed by atoms with E-state index in [4.69, 9.17) is 16.3 Å². The summed E-state index contributed by atoms with van der Waals surface area (Å²) in [5.74, 6) is 0.0868. The van der Waals surface area contributed by atoms with Gasteiger partial charge in [-0.3, -0.25) is 4.79 Å². The van der Waals surface area contributed by atoms with E-state index in [1.807, 2.05) is 24.3 Å². The molecule has 0 unspecified atom stereocenters. The summed E-state index contributed by atoms with van der Waals surface area (Å²) in [7, 11) is 1.45. The van der Waals surface area contributed by atoms with Crippen LogP contribution in [0.1, 0.15) is 41.6 Å². The average molecular weight is 386 g/mol. The number of allylic oxidation sites excluding steroid dienone is 1. The van der Waals surface area contributed by atoms with E-state index in [1.54, 1.807) is 18.2 Å². The van der Waals surface area contributed by atoms with Crippen LogP contribution in [0.4, 0.5) is 5.69 Å². The molecule has 1 N–H and O–H groups in total. The van der Waals surface area contributed by atoms with Crippen LogP contribution in [0.2, 0.25) is 5.02 Å². The fourth-order valence-corrected chi connectivity index (χ4v) is 3.50. The zero-order valence-electron chi connectivity index (χ0n) is 15.5. The summed E-state index contributed by atoms with van der Waals surface area (Å²) in [4.78, 5) is 14.8. The Morgan fingerprint density at radius 1 is 1.11 bits per heavy atom. The van der Waals surface area contributed by atoms with Gasteiger partial charge in [0.25, 0.3) is 0 Å². The molecule has 0 radical (unpaired) electrons. The number of ether oxygens (including phenoxy) is 1. The van der Waals surface area contributed by atoms with Gasteiger partial charge in [0, 0.05) is 24.3 Å². The molecule has 1 fully saturated rings. The highest BCUT2D eigenvalue weighted by atomic mass is 35.5. The average Bonchev–Trinajstić information content (AvgIpc) is 2.98. The van der Waals surface area contributed by atoms with Crippen LogP contribution in [0.15, 0.2) is 42.5 Å². The van der Waals surface area contributed by atoms with E-state index >= 15 is 0 Å². The number of hydrogen-bond acceptors (Lipinski definition) is 4. The number of carbonyl (C=O) groups excluding carboxylic acids is 1. The topological polar surface area (TPSA) is 49.8 Å². The summed E-state index contributed by atoms with van der Waals surface area (Å²) in [5, 5.41) is 9.96. The van der Waals surface area contributed by atoms with E-state index in [1.165, 1.54) is 44.6 Å². The van der Waals surface area contributed by atoms with Crippen LogP contribution in [0.5, 0.6) is 11.5 Å². The molecular formula is C22H24ClNO3. The summed E-state index contributed by atoms with van der Waals surface area (Å²) in [6, 6.07) is 11.0. The number of phenols is 1. The Balaban J connectivity index is 1.70. The minimum Gasteiger partial charge on any atom is -0.503 e. The van der Waals surface area contributed by atoms with E-state index in [2.05, 4.69) is 4.90 Å². The first-order valence-electron chi connectivity index (χ1n) is 9.22. The lowest BCUT2D eigenvalue weighted by Crippen LogP contribution is -2.23. The molecular weight excluding hydrogens is 362 g/mol. The monoisotopic (exact) mass is 385 g/mol. The molecule has 3 rings (SSSR count). The van der Waals surface area contributed by atoms with Gasteiger partial charge in [-0.15, -0.1) is 0 Å². The number of hydrogen-bond donors (Lipinski definition) is 1. The Bertz CT molecular complexity index is 822. The molecule has 0 atom stereocenters. The molecule has 0 bridgehead atoms. The van der Waals surface area contributed by atoms with Crippen molar-refractivity contribution in [2.24, 2.45) is 0 Å². The zero-order chi connectivity index (χ0) is 19.2. The molecule has 0 spiro atoms. The van der Waals surface area contributed by atoms with E-state index in [9.17, 15) is 9.90 Å². The Hall–Kier alpha value is -2.46. The number of carbonyl (C=O) groups is 1. The lowest BCUT2D eigenvalue weighted by molar-refractivity contribution is 0.104. The highest BCUT2D eigenvalue weighted by Crippen LogP contribution is 2.35. The molecule has 1 aliphatic rings. The van der Waals surface area contributed by atoms with Crippen molar-refractivity contribution in [3.05, 3.63) is 58.6 Å². The van der Waals surface area contributed by atoms with E-state index in [0.29, 0.717) is 11.1 Å². The van der Waals surface area contributed by atoms with Gasteiger partial charge in [0.05, 0.1) is 12.1 Å². The van der Waals surface area contributed by atoms with Gasteiger partial charge < -0.3 is 14.7 Å². The molecule has 2 aromatic rings. The molecule has 5 heteroatoms. The lowest BCUT2D eigenvalue weighted by Gasteiger charge is -2.22. The number of methoxy groups -OCH3 is 1. The number of aromatic hydroxyl groups is 1. The molecule has 1 saturated heterocycles. The normalized spacial score (nSPS) is 15.0. The third-order valence-electron chi connectivity index (χ3n) is 4.82. The van der Waals surface area contributed by atoms with Crippen LogP contribution in [0.3, 0.4) is 0 Å². The summed E-state index contributed by atoms with van der Waals surface area (Å²) < 4.78 is 5.08. The first-order valence-corrected chi connectivity index (χ1v) is 9.60. The van der Waals surface area contributed by atoms with Gasteiger partial charge in [-0.05, 0) is 60.9 Å². The maximum atomic E-state index is 12.5. The maximum Gasteiger partial charge on any atom is 0.185 e. The standard InChI is InChI=1S/C22H24ClNO3/c1-27-21-15-16(14-19(23)22(21)26)6-11-20(25)17-7-9-18(10-8-17)24-12-4-2-3-5-13-24/h6-11,14-15,26H,2-5,12-13H2,1H3. The Kier molecular flexibility index (Phi) is 6.40.